The minimum absolute atomic E-state index is 0.0565. The van der Waals surface area contributed by atoms with E-state index in [0.717, 1.165) is 17.8 Å². The van der Waals surface area contributed by atoms with Crippen LogP contribution in [-0.2, 0) is 16.0 Å². The van der Waals surface area contributed by atoms with Crippen LogP contribution in [0, 0.1) is 0 Å². The van der Waals surface area contributed by atoms with E-state index >= 15 is 0 Å². The number of piperidine rings is 1. The molecule has 1 saturated heterocycles. The highest BCUT2D eigenvalue weighted by molar-refractivity contribution is 7.09. The largest absolute Gasteiger partial charge is 0.481 e. The SMILES string of the molecule is CC(C)(C)OC(=O)N1CCC[C@@H](c2nc(CC(=O)O)cs2)C1. The lowest BCUT2D eigenvalue weighted by Crippen LogP contribution is -2.42. The minimum atomic E-state index is -0.879. The number of likely N-dealkylation sites (tertiary alicyclic amines) is 1. The standard InChI is InChI=1S/C15H22N2O4S/c1-15(2,3)21-14(20)17-6-4-5-10(8-17)13-16-11(9-22-13)7-12(18)19/h9-10H,4-8H2,1-3H3,(H,18,19)/t10-/m1/s1. The Hall–Kier alpha value is -1.63. The summed E-state index contributed by atoms with van der Waals surface area (Å²) >= 11 is 1.47. The second-order valence-electron chi connectivity index (χ2n) is 6.51. The van der Waals surface area contributed by atoms with Gasteiger partial charge in [-0.15, -0.1) is 11.3 Å². The summed E-state index contributed by atoms with van der Waals surface area (Å²) in [7, 11) is 0. The minimum Gasteiger partial charge on any atom is -0.481 e. The number of hydrogen-bond acceptors (Lipinski definition) is 5. The van der Waals surface area contributed by atoms with Crippen LogP contribution in [0.15, 0.2) is 5.38 Å². The molecule has 0 radical (unpaired) electrons. The molecule has 0 bridgehead atoms. The van der Waals surface area contributed by atoms with Gasteiger partial charge in [-0.2, -0.15) is 0 Å². The third-order valence-corrected chi connectivity index (χ3v) is 4.38. The summed E-state index contributed by atoms with van der Waals surface area (Å²) in [6.07, 6.45) is 1.51. The van der Waals surface area contributed by atoms with Gasteiger partial charge < -0.3 is 14.7 Å². The van der Waals surface area contributed by atoms with Crippen LogP contribution in [0.4, 0.5) is 4.79 Å². The highest BCUT2D eigenvalue weighted by atomic mass is 32.1. The zero-order valence-corrected chi connectivity index (χ0v) is 14.0. The Morgan fingerprint density at radius 1 is 1.50 bits per heavy atom. The van der Waals surface area contributed by atoms with Gasteiger partial charge in [-0.3, -0.25) is 4.79 Å². The lowest BCUT2D eigenvalue weighted by molar-refractivity contribution is -0.136. The summed E-state index contributed by atoms with van der Waals surface area (Å²) in [5.41, 5.74) is 0.0850. The quantitative estimate of drug-likeness (QED) is 0.924. The number of carboxylic acids is 1. The molecule has 1 aromatic heterocycles. The molecule has 0 unspecified atom stereocenters. The van der Waals surface area contributed by atoms with Crippen LogP contribution < -0.4 is 0 Å². The van der Waals surface area contributed by atoms with Crippen LogP contribution in [0.25, 0.3) is 0 Å². The first-order valence-corrected chi connectivity index (χ1v) is 8.26. The van der Waals surface area contributed by atoms with Crippen LogP contribution in [-0.4, -0.2) is 45.7 Å². The summed E-state index contributed by atoms with van der Waals surface area (Å²) < 4.78 is 5.41. The number of carbonyl (C=O) groups is 2. The molecule has 0 saturated carbocycles. The molecule has 122 valence electrons. The normalized spacial score (nSPS) is 19.0. The lowest BCUT2D eigenvalue weighted by Gasteiger charge is -2.33. The van der Waals surface area contributed by atoms with Crippen molar-refractivity contribution >= 4 is 23.4 Å². The molecule has 1 amide bonds. The Morgan fingerprint density at radius 2 is 2.23 bits per heavy atom. The van der Waals surface area contributed by atoms with Gasteiger partial charge in [0.1, 0.15) is 5.60 Å². The second-order valence-corrected chi connectivity index (χ2v) is 7.40. The first kappa shape index (κ1) is 16.7. The number of rotatable bonds is 3. The molecule has 2 heterocycles. The molecule has 1 aliphatic rings. The van der Waals surface area contributed by atoms with E-state index in [1.54, 1.807) is 10.3 Å². The molecule has 0 aromatic carbocycles. The summed E-state index contributed by atoms with van der Waals surface area (Å²) in [5.74, 6) is -0.718. The van der Waals surface area contributed by atoms with Crippen LogP contribution >= 0.6 is 11.3 Å². The maximum Gasteiger partial charge on any atom is 0.410 e. The highest BCUT2D eigenvalue weighted by Crippen LogP contribution is 2.30. The maximum absolute atomic E-state index is 12.2. The average molecular weight is 326 g/mol. The first-order valence-electron chi connectivity index (χ1n) is 7.38. The number of amides is 1. The Balaban J connectivity index is 1.99. The molecular formula is C15H22N2O4S. The van der Waals surface area contributed by atoms with E-state index < -0.39 is 11.6 Å². The number of nitrogens with zero attached hydrogens (tertiary/aromatic N) is 2. The van der Waals surface area contributed by atoms with Gasteiger partial charge in [0.25, 0.3) is 0 Å². The molecule has 1 N–H and O–H groups in total. The molecule has 2 rings (SSSR count). The number of thiazole rings is 1. The molecule has 6 nitrogen and oxygen atoms in total. The van der Waals surface area contributed by atoms with Crippen molar-refractivity contribution in [2.45, 2.75) is 51.6 Å². The monoisotopic (exact) mass is 326 g/mol. The number of carbonyl (C=O) groups excluding carboxylic acids is 1. The average Bonchev–Trinajstić information content (AvgIpc) is 2.84. The van der Waals surface area contributed by atoms with E-state index in [1.165, 1.54) is 11.3 Å². The van der Waals surface area contributed by atoms with Crippen molar-refractivity contribution in [2.75, 3.05) is 13.1 Å². The van der Waals surface area contributed by atoms with Crippen molar-refractivity contribution in [3.05, 3.63) is 16.1 Å². The van der Waals surface area contributed by atoms with E-state index in [0.29, 0.717) is 18.8 Å². The van der Waals surface area contributed by atoms with Crippen LogP contribution in [0.5, 0.6) is 0 Å². The van der Waals surface area contributed by atoms with E-state index in [2.05, 4.69) is 4.98 Å². The van der Waals surface area contributed by atoms with Crippen LogP contribution in [0.3, 0.4) is 0 Å². The number of hydrogen-bond donors (Lipinski definition) is 1. The Bertz CT molecular complexity index is 550. The van der Waals surface area contributed by atoms with Crippen molar-refractivity contribution in [3.63, 3.8) is 0 Å². The van der Waals surface area contributed by atoms with Crippen molar-refractivity contribution in [2.24, 2.45) is 0 Å². The Kier molecular flexibility index (Phi) is 5.05. The number of aromatic nitrogens is 1. The van der Waals surface area contributed by atoms with Gasteiger partial charge in [-0.25, -0.2) is 9.78 Å². The molecule has 1 fully saturated rings. The topological polar surface area (TPSA) is 79.7 Å². The zero-order chi connectivity index (χ0) is 16.3. The third-order valence-electron chi connectivity index (χ3n) is 3.32. The highest BCUT2D eigenvalue weighted by Gasteiger charge is 2.29. The molecule has 1 atom stereocenters. The van der Waals surface area contributed by atoms with Crippen molar-refractivity contribution in [3.8, 4) is 0 Å². The van der Waals surface area contributed by atoms with Crippen molar-refractivity contribution < 1.29 is 19.4 Å². The van der Waals surface area contributed by atoms with Gasteiger partial charge in [0.15, 0.2) is 0 Å². The maximum atomic E-state index is 12.2. The predicted octanol–water partition coefficient (Wildman–Crippen LogP) is 2.88. The van der Waals surface area contributed by atoms with E-state index in [9.17, 15) is 9.59 Å². The van der Waals surface area contributed by atoms with Gasteiger partial charge in [0, 0.05) is 24.4 Å². The summed E-state index contributed by atoms with van der Waals surface area (Å²) in [5, 5.41) is 11.5. The van der Waals surface area contributed by atoms with Gasteiger partial charge in [0.2, 0.25) is 0 Å². The lowest BCUT2D eigenvalue weighted by atomic mass is 9.99. The molecule has 0 spiro atoms. The van der Waals surface area contributed by atoms with Crippen LogP contribution in [0.1, 0.15) is 50.2 Å². The summed E-state index contributed by atoms with van der Waals surface area (Å²) in [6, 6.07) is 0. The van der Waals surface area contributed by atoms with Gasteiger partial charge in [-0.05, 0) is 33.6 Å². The second kappa shape index (κ2) is 6.64. The summed E-state index contributed by atoms with van der Waals surface area (Å²) in [6.45, 7) is 6.83. The Morgan fingerprint density at radius 3 is 2.86 bits per heavy atom. The van der Waals surface area contributed by atoms with Crippen LogP contribution in [0.2, 0.25) is 0 Å². The smallest absolute Gasteiger partial charge is 0.410 e. The molecule has 7 heteroatoms. The van der Waals surface area contributed by atoms with Gasteiger partial charge >= 0.3 is 12.1 Å². The van der Waals surface area contributed by atoms with Gasteiger partial charge in [-0.1, -0.05) is 0 Å². The fraction of sp³-hybridized carbons (Fsp3) is 0.667. The molecule has 22 heavy (non-hydrogen) atoms. The number of carboxylic acid groups (broad SMARTS) is 1. The number of aliphatic carboxylic acids is 1. The molecule has 1 aliphatic heterocycles. The summed E-state index contributed by atoms with van der Waals surface area (Å²) in [4.78, 5) is 29.0. The Labute approximate surface area is 134 Å². The van der Waals surface area contributed by atoms with Crippen molar-refractivity contribution in [1.82, 2.24) is 9.88 Å². The molecule has 0 aliphatic carbocycles. The van der Waals surface area contributed by atoms with E-state index in [-0.39, 0.29) is 18.4 Å². The molecule has 1 aromatic rings. The zero-order valence-electron chi connectivity index (χ0n) is 13.2. The number of ether oxygens (including phenoxy) is 1. The fourth-order valence-corrected chi connectivity index (χ4v) is 3.36. The third kappa shape index (κ3) is 4.69. The fourth-order valence-electron chi connectivity index (χ4n) is 2.42. The first-order chi connectivity index (χ1) is 10.2. The van der Waals surface area contributed by atoms with Crippen molar-refractivity contribution in [1.29, 1.82) is 0 Å². The van der Waals surface area contributed by atoms with E-state index in [4.69, 9.17) is 9.84 Å². The predicted molar refractivity (Wildman–Crippen MR) is 83.2 cm³/mol. The molecular weight excluding hydrogens is 304 g/mol. The van der Waals surface area contributed by atoms with E-state index in [1.807, 2.05) is 20.8 Å². The van der Waals surface area contributed by atoms with Gasteiger partial charge in [0.05, 0.1) is 17.1 Å².